The molecule has 2 N–H and O–H groups in total. The molecule has 0 bridgehead atoms. The van der Waals surface area contributed by atoms with Crippen LogP contribution in [0.4, 0.5) is 0 Å². The molecular weight excluding hydrogens is 164 g/mol. The average molecular weight is 180 g/mol. The molecular formula is C11H16O2. The molecule has 0 aromatic carbocycles. The second-order valence-electron chi connectivity index (χ2n) is 3.64. The van der Waals surface area contributed by atoms with E-state index < -0.39 is 12.2 Å². The second kappa shape index (κ2) is 4.45. The molecule has 0 aliphatic heterocycles. The summed E-state index contributed by atoms with van der Waals surface area (Å²) in [5, 5.41) is 18.8. The minimum atomic E-state index is -0.702. The SMILES string of the molecule is C#CC(O)CC1CCCC(O)C1=C. The molecule has 0 heterocycles. The largest absolute Gasteiger partial charge is 0.389 e. The molecule has 1 aliphatic rings. The number of aliphatic hydroxyl groups is 2. The van der Waals surface area contributed by atoms with Crippen LogP contribution in [0.1, 0.15) is 25.7 Å². The number of rotatable bonds is 2. The maximum absolute atomic E-state index is 9.50. The van der Waals surface area contributed by atoms with Crippen LogP contribution in [0, 0.1) is 18.3 Å². The van der Waals surface area contributed by atoms with Crippen LogP contribution in [0.3, 0.4) is 0 Å². The van der Waals surface area contributed by atoms with E-state index in [1.807, 2.05) is 0 Å². The zero-order valence-electron chi connectivity index (χ0n) is 7.74. The van der Waals surface area contributed by atoms with Crippen molar-refractivity contribution in [2.45, 2.75) is 37.9 Å². The Labute approximate surface area is 79.3 Å². The first-order chi connectivity index (χ1) is 6.15. The van der Waals surface area contributed by atoms with E-state index in [1.54, 1.807) is 0 Å². The monoisotopic (exact) mass is 180 g/mol. The second-order valence-corrected chi connectivity index (χ2v) is 3.64. The van der Waals surface area contributed by atoms with Crippen LogP contribution in [0.2, 0.25) is 0 Å². The lowest BCUT2D eigenvalue weighted by Crippen LogP contribution is -2.25. The highest BCUT2D eigenvalue weighted by Crippen LogP contribution is 2.31. The molecule has 1 saturated carbocycles. The molecule has 0 radical (unpaired) electrons. The topological polar surface area (TPSA) is 40.5 Å². The van der Waals surface area contributed by atoms with Gasteiger partial charge < -0.3 is 10.2 Å². The van der Waals surface area contributed by atoms with Crippen molar-refractivity contribution < 1.29 is 10.2 Å². The predicted octanol–water partition coefficient (Wildman–Crippen LogP) is 1.09. The maximum Gasteiger partial charge on any atom is 0.115 e. The van der Waals surface area contributed by atoms with E-state index in [-0.39, 0.29) is 5.92 Å². The Balaban J connectivity index is 2.50. The number of hydrogen-bond acceptors (Lipinski definition) is 2. The molecule has 13 heavy (non-hydrogen) atoms. The van der Waals surface area contributed by atoms with Crippen LogP contribution in [0.25, 0.3) is 0 Å². The van der Waals surface area contributed by atoms with Crippen molar-refractivity contribution in [1.82, 2.24) is 0 Å². The van der Waals surface area contributed by atoms with Crippen molar-refractivity contribution in [2.24, 2.45) is 5.92 Å². The van der Waals surface area contributed by atoms with Gasteiger partial charge in [-0.1, -0.05) is 12.5 Å². The Morgan fingerprint density at radius 1 is 1.62 bits per heavy atom. The first-order valence-electron chi connectivity index (χ1n) is 4.66. The summed E-state index contributed by atoms with van der Waals surface area (Å²) in [6.07, 6.45) is 7.27. The molecule has 1 aliphatic carbocycles. The number of hydrogen-bond donors (Lipinski definition) is 2. The quantitative estimate of drug-likeness (QED) is 0.493. The third-order valence-corrected chi connectivity index (χ3v) is 2.68. The van der Waals surface area contributed by atoms with Crippen molar-refractivity contribution >= 4 is 0 Å². The van der Waals surface area contributed by atoms with Gasteiger partial charge in [0.2, 0.25) is 0 Å². The van der Waals surface area contributed by atoms with Crippen LogP contribution in [-0.2, 0) is 0 Å². The summed E-state index contributed by atoms with van der Waals surface area (Å²) in [5.41, 5.74) is 0.834. The van der Waals surface area contributed by atoms with E-state index in [4.69, 9.17) is 6.42 Å². The van der Waals surface area contributed by atoms with E-state index in [0.717, 1.165) is 24.8 Å². The van der Waals surface area contributed by atoms with Crippen LogP contribution in [-0.4, -0.2) is 22.4 Å². The molecule has 1 fully saturated rings. The van der Waals surface area contributed by atoms with Crippen molar-refractivity contribution in [3.63, 3.8) is 0 Å². The zero-order valence-corrected chi connectivity index (χ0v) is 7.74. The van der Waals surface area contributed by atoms with Gasteiger partial charge in [-0.3, -0.25) is 0 Å². The van der Waals surface area contributed by atoms with Crippen molar-refractivity contribution in [3.8, 4) is 12.3 Å². The fourth-order valence-electron chi connectivity index (χ4n) is 1.81. The Kier molecular flexibility index (Phi) is 3.53. The Hall–Kier alpha value is -0.780. The van der Waals surface area contributed by atoms with E-state index in [9.17, 15) is 10.2 Å². The van der Waals surface area contributed by atoms with Gasteiger partial charge in [0.25, 0.3) is 0 Å². The summed E-state index contributed by atoms with van der Waals surface area (Å²) < 4.78 is 0. The van der Waals surface area contributed by atoms with Gasteiger partial charge in [-0.15, -0.1) is 6.42 Å². The van der Waals surface area contributed by atoms with Gasteiger partial charge in [-0.25, -0.2) is 0 Å². The van der Waals surface area contributed by atoms with Gasteiger partial charge in [0.15, 0.2) is 0 Å². The van der Waals surface area contributed by atoms with Crippen molar-refractivity contribution in [1.29, 1.82) is 0 Å². The smallest absolute Gasteiger partial charge is 0.115 e. The van der Waals surface area contributed by atoms with Gasteiger partial charge in [-0.2, -0.15) is 0 Å². The van der Waals surface area contributed by atoms with Gasteiger partial charge in [0.05, 0.1) is 6.10 Å². The highest BCUT2D eigenvalue weighted by atomic mass is 16.3. The lowest BCUT2D eigenvalue weighted by atomic mass is 9.80. The van der Waals surface area contributed by atoms with Gasteiger partial charge in [0, 0.05) is 0 Å². The molecule has 2 heteroatoms. The molecule has 3 atom stereocenters. The average Bonchev–Trinajstić information content (AvgIpc) is 2.13. The Morgan fingerprint density at radius 2 is 2.31 bits per heavy atom. The van der Waals surface area contributed by atoms with Crippen LogP contribution >= 0.6 is 0 Å². The van der Waals surface area contributed by atoms with E-state index in [2.05, 4.69) is 12.5 Å². The van der Waals surface area contributed by atoms with E-state index in [1.165, 1.54) is 0 Å². The lowest BCUT2D eigenvalue weighted by Gasteiger charge is -2.29. The molecule has 0 aromatic heterocycles. The number of aliphatic hydroxyl groups excluding tert-OH is 2. The van der Waals surface area contributed by atoms with E-state index >= 15 is 0 Å². The highest BCUT2D eigenvalue weighted by molar-refractivity contribution is 5.11. The van der Waals surface area contributed by atoms with E-state index in [0.29, 0.717) is 6.42 Å². The summed E-state index contributed by atoms with van der Waals surface area (Å²) in [7, 11) is 0. The Bertz CT molecular complexity index is 227. The molecule has 72 valence electrons. The normalized spacial score (nSPS) is 31.0. The third kappa shape index (κ3) is 2.58. The molecule has 0 aromatic rings. The Morgan fingerprint density at radius 3 is 2.92 bits per heavy atom. The van der Waals surface area contributed by atoms with Crippen molar-refractivity contribution in [2.75, 3.05) is 0 Å². The fourth-order valence-corrected chi connectivity index (χ4v) is 1.81. The number of terminal acetylenes is 1. The fraction of sp³-hybridized carbons (Fsp3) is 0.636. The van der Waals surface area contributed by atoms with Crippen LogP contribution in [0.15, 0.2) is 12.2 Å². The molecule has 0 saturated heterocycles. The highest BCUT2D eigenvalue weighted by Gasteiger charge is 2.25. The summed E-state index contributed by atoms with van der Waals surface area (Å²) in [5.74, 6) is 2.47. The molecule has 0 amide bonds. The standard InChI is InChI=1S/C11H16O2/c1-3-10(12)7-9-5-4-6-11(13)8(9)2/h1,9-13H,2,4-7H2. The van der Waals surface area contributed by atoms with Gasteiger partial charge in [-0.05, 0) is 37.2 Å². The molecule has 1 rings (SSSR count). The van der Waals surface area contributed by atoms with Gasteiger partial charge in [0.1, 0.15) is 6.10 Å². The summed E-state index contributed by atoms with van der Waals surface area (Å²) in [4.78, 5) is 0. The molecule has 0 spiro atoms. The minimum Gasteiger partial charge on any atom is -0.389 e. The summed E-state index contributed by atoms with van der Waals surface area (Å²) in [6.45, 7) is 3.83. The van der Waals surface area contributed by atoms with Crippen LogP contribution in [0.5, 0.6) is 0 Å². The molecule has 3 unspecified atom stereocenters. The summed E-state index contributed by atoms with van der Waals surface area (Å²) >= 11 is 0. The third-order valence-electron chi connectivity index (χ3n) is 2.68. The van der Waals surface area contributed by atoms with Crippen molar-refractivity contribution in [3.05, 3.63) is 12.2 Å². The summed E-state index contributed by atoms with van der Waals surface area (Å²) in [6, 6.07) is 0. The predicted molar refractivity (Wildman–Crippen MR) is 51.9 cm³/mol. The lowest BCUT2D eigenvalue weighted by molar-refractivity contribution is 0.137. The molecule has 2 nitrogen and oxygen atoms in total. The first kappa shape index (κ1) is 10.3. The van der Waals surface area contributed by atoms with Gasteiger partial charge >= 0.3 is 0 Å². The van der Waals surface area contributed by atoms with Crippen LogP contribution < -0.4 is 0 Å². The minimum absolute atomic E-state index is 0.190. The zero-order chi connectivity index (χ0) is 9.84. The maximum atomic E-state index is 9.50. The first-order valence-corrected chi connectivity index (χ1v) is 4.66.